The molecule has 4 saturated heterocycles. The van der Waals surface area contributed by atoms with Crippen LogP contribution in [0, 0.1) is 17.3 Å². The number of nitrogens with one attached hydrogen (secondary N) is 3. The van der Waals surface area contributed by atoms with E-state index < -0.39 is 41.3 Å². The third-order valence-corrected chi connectivity index (χ3v) is 15.2. The van der Waals surface area contributed by atoms with Crippen molar-refractivity contribution in [3.8, 4) is 28.1 Å². The van der Waals surface area contributed by atoms with Crippen LogP contribution in [0.2, 0.25) is 0 Å². The minimum Gasteiger partial charge on any atom is -0.508 e. The number of hydrogen-bond acceptors (Lipinski definition) is 10. The van der Waals surface area contributed by atoms with E-state index in [9.17, 15) is 29.1 Å². The number of fused-ring (bicyclic) bond motifs is 8. The molecule has 2 aromatic carbocycles. The van der Waals surface area contributed by atoms with Crippen LogP contribution in [0.15, 0.2) is 54.7 Å². The van der Waals surface area contributed by atoms with Gasteiger partial charge in [0.05, 0.1) is 24.0 Å². The maximum absolute atomic E-state index is 14.8. The second-order valence-corrected chi connectivity index (χ2v) is 21.7. The zero-order chi connectivity index (χ0) is 49.1. The monoisotopic (exact) mass is 943 g/mol. The Morgan fingerprint density at radius 2 is 1.74 bits per heavy atom. The van der Waals surface area contributed by atoms with E-state index in [2.05, 4.69) is 79.5 Å². The van der Waals surface area contributed by atoms with Crippen molar-refractivity contribution in [3.05, 3.63) is 71.5 Å². The Kier molecular flexibility index (Phi) is 13.4. The van der Waals surface area contributed by atoms with Crippen molar-refractivity contribution in [2.24, 2.45) is 17.3 Å². The fourth-order valence-electron chi connectivity index (χ4n) is 11.9. The highest BCUT2D eigenvalue weighted by Crippen LogP contribution is 2.43. The number of nitrogens with zero attached hydrogens (tertiary/aromatic N) is 5. The summed E-state index contributed by atoms with van der Waals surface area (Å²) in [7, 11) is 1.66. The number of ether oxygens (including phenoxy) is 1. The number of hydrazine groups is 1. The number of likely N-dealkylation sites (N-methyl/N-ethyl adjacent to an activating group) is 1. The van der Waals surface area contributed by atoms with Crippen molar-refractivity contribution in [2.75, 3.05) is 26.7 Å². The lowest BCUT2D eigenvalue weighted by atomic mass is 9.83. The molecule has 7 atom stereocenters. The normalized spacial score (nSPS) is 25.1. The molecule has 5 aliphatic rings. The van der Waals surface area contributed by atoms with Gasteiger partial charge in [-0.25, -0.2) is 5.43 Å². The molecule has 9 rings (SSSR count). The molecule has 5 aliphatic heterocycles. The molecule has 368 valence electrons. The van der Waals surface area contributed by atoms with Crippen molar-refractivity contribution in [1.29, 1.82) is 0 Å². The van der Waals surface area contributed by atoms with Crippen LogP contribution in [-0.2, 0) is 48.1 Å². The van der Waals surface area contributed by atoms with Crippen molar-refractivity contribution in [3.63, 3.8) is 0 Å². The number of benzene rings is 2. The zero-order valence-corrected chi connectivity index (χ0v) is 41.5. The van der Waals surface area contributed by atoms with Gasteiger partial charge in [0.2, 0.25) is 17.7 Å². The highest BCUT2D eigenvalue weighted by atomic mass is 16.5. The minimum absolute atomic E-state index is 0.00225. The molecule has 0 saturated carbocycles. The second kappa shape index (κ2) is 19.2. The van der Waals surface area contributed by atoms with Gasteiger partial charge in [0.1, 0.15) is 23.9 Å². The molecule has 15 heteroatoms. The summed E-state index contributed by atoms with van der Waals surface area (Å²) in [6, 6.07) is 12.8. The fraction of sp³-hybridized carbons (Fsp3) is 0.556. The Hall–Kier alpha value is -5.80. The number of phenols is 1. The van der Waals surface area contributed by atoms with Crippen molar-refractivity contribution >= 4 is 40.5 Å². The number of carbonyl (C=O) groups is 5. The number of esters is 1. The van der Waals surface area contributed by atoms with Crippen LogP contribution in [0.3, 0.4) is 0 Å². The number of phenolic OH excluding ortho intramolecular Hbond substituents is 1. The van der Waals surface area contributed by atoms with Crippen LogP contribution in [0.5, 0.6) is 5.75 Å². The predicted molar refractivity (Wildman–Crippen MR) is 264 cm³/mol. The Balaban J connectivity index is 1.07. The van der Waals surface area contributed by atoms with E-state index in [0.717, 1.165) is 57.4 Å². The molecule has 15 nitrogen and oxygen atoms in total. The van der Waals surface area contributed by atoms with E-state index in [1.165, 1.54) is 9.91 Å². The van der Waals surface area contributed by atoms with Crippen LogP contribution >= 0.6 is 0 Å². The molecule has 4 N–H and O–H groups in total. The zero-order valence-electron chi connectivity index (χ0n) is 41.5. The Labute approximate surface area is 405 Å². The lowest BCUT2D eigenvalue weighted by molar-refractivity contribution is -0.155. The number of hydrogen-bond donors (Lipinski definition) is 4. The molecule has 4 fully saturated rings. The number of cyclic esters (lactones) is 1. The van der Waals surface area contributed by atoms with E-state index in [-0.39, 0.29) is 66.5 Å². The topological polar surface area (TPSA) is 188 Å². The largest absolute Gasteiger partial charge is 0.508 e. The average Bonchev–Trinajstić information content (AvgIpc) is 4.09. The van der Waals surface area contributed by atoms with Gasteiger partial charge >= 0.3 is 5.97 Å². The van der Waals surface area contributed by atoms with Gasteiger partial charge in [-0.2, -0.15) is 0 Å². The van der Waals surface area contributed by atoms with E-state index in [0.29, 0.717) is 57.3 Å². The van der Waals surface area contributed by atoms with Crippen LogP contribution in [-0.4, -0.2) is 122 Å². The summed E-state index contributed by atoms with van der Waals surface area (Å²) in [5, 5.41) is 20.0. The smallest absolute Gasteiger partial charge is 0.324 e. The molecule has 0 spiro atoms. The van der Waals surface area contributed by atoms with Gasteiger partial charge in [-0.3, -0.25) is 34.0 Å². The number of aromatic hydroxyl groups is 1. The maximum Gasteiger partial charge on any atom is 0.324 e. The minimum atomic E-state index is -1.14. The van der Waals surface area contributed by atoms with E-state index >= 15 is 0 Å². The van der Waals surface area contributed by atoms with Gasteiger partial charge < -0.3 is 34.8 Å². The standard InChI is InChI=1S/C54H70N8O7/c1-9-60-45-17-14-33-26-40(45)41(48(60)39-12-10-18-55-46(39)30(2)3)27-54(6,7)29-69-53(68)42-13-11-19-61(58-42)51(66)43(22-32-20-34(33)25-38(63)21-32)57-49(64)47(31(4)5)59(8)50(65)35-23-36-15-16-37(24-35)62(36)52(67)44-28-56-44/h10,12,14,17-18,20-21,25-26,30-31,35-37,42-44,47,56,58,63H,9,11,13,15-16,19,22-24,27-29H2,1-8H3,(H,57,64)/t35?,36-,37+,42-,43-,44+,47-/m0/s1. The van der Waals surface area contributed by atoms with Crippen LogP contribution in [0.25, 0.3) is 33.3 Å². The lowest BCUT2D eigenvalue weighted by Crippen LogP contribution is -2.62. The summed E-state index contributed by atoms with van der Waals surface area (Å²) in [6.07, 6.45) is 6.26. The van der Waals surface area contributed by atoms with E-state index in [1.54, 1.807) is 19.2 Å². The molecule has 4 aromatic rings. The van der Waals surface area contributed by atoms with Crippen LogP contribution in [0.4, 0.5) is 0 Å². The van der Waals surface area contributed by atoms with Gasteiger partial charge in [-0.15, -0.1) is 0 Å². The van der Waals surface area contributed by atoms with Gasteiger partial charge in [-0.1, -0.05) is 53.7 Å². The summed E-state index contributed by atoms with van der Waals surface area (Å²) in [4.78, 5) is 79.5. The van der Waals surface area contributed by atoms with Gasteiger partial charge in [0.15, 0.2) is 0 Å². The summed E-state index contributed by atoms with van der Waals surface area (Å²) in [6.45, 7) is 16.3. The van der Waals surface area contributed by atoms with Crippen molar-refractivity contribution in [2.45, 2.75) is 149 Å². The van der Waals surface area contributed by atoms with Crippen LogP contribution in [0.1, 0.15) is 110 Å². The van der Waals surface area contributed by atoms with E-state index in [4.69, 9.17) is 9.72 Å². The van der Waals surface area contributed by atoms with Gasteiger partial charge in [0.25, 0.3) is 5.91 Å². The first-order valence-electron chi connectivity index (χ1n) is 25.2. The third kappa shape index (κ3) is 9.60. The molecule has 0 radical (unpaired) electrons. The fourth-order valence-corrected chi connectivity index (χ4v) is 11.9. The summed E-state index contributed by atoms with van der Waals surface area (Å²) < 4.78 is 8.48. The van der Waals surface area contributed by atoms with Gasteiger partial charge in [0, 0.05) is 79.2 Å². The predicted octanol–water partition coefficient (Wildman–Crippen LogP) is 6.09. The molecular formula is C54H70N8O7. The number of aromatic nitrogens is 2. The number of rotatable bonds is 9. The number of pyridine rings is 1. The second-order valence-electron chi connectivity index (χ2n) is 21.7. The summed E-state index contributed by atoms with van der Waals surface area (Å²) in [5.41, 5.74) is 10.2. The number of piperidine rings is 1. The first-order valence-corrected chi connectivity index (χ1v) is 25.2. The lowest BCUT2D eigenvalue weighted by Gasteiger charge is -2.41. The molecule has 69 heavy (non-hydrogen) atoms. The van der Waals surface area contributed by atoms with Gasteiger partial charge in [-0.05, 0) is 122 Å². The molecule has 2 aromatic heterocycles. The quantitative estimate of drug-likeness (QED) is 0.113. The number of amides is 4. The first kappa shape index (κ1) is 48.2. The third-order valence-electron chi connectivity index (χ3n) is 15.2. The molecule has 7 heterocycles. The van der Waals surface area contributed by atoms with Crippen LogP contribution < -0.4 is 16.1 Å². The Morgan fingerprint density at radius 3 is 2.42 bits per heavy atom. The van der Waals surface area contributed by atoms with Crippen molar-refractivity contribution in [1.82, 2.24) is 40.4 Å². The molecular weight excluding hydrogens is 873 g/mol. The Morgan fingerprint density at radius 1 is 1.00 bits per heavy atom. The molecule has 1 unspecified atom stereocenters. The maximum atomic E-state index is 14.8. The highest BCUT2D eigenvalue weighted by Gasteiger charge is 2.49. The molecule has 0 aliphatic carbocycles. The summed E-state index contributed by atoms with van der Waals surface area (Å²) >= 11 is 0. The SMILES string of the molecule is CCn1c(-c2cccnc2C(C)C)c2c3cc(ccc31)-c1cc(O)cc(c1)C[C@H](NC(=O)[C@H](C(C)C)N(C)C(=O)C1C[C@H]3CC[C@@H](C1)N3C(=O)[C@H]1CN1)C(=O)N1CCC[C@H](N1)C(=O)OCC(C)(C)C2. The first-order chi connectivity index (χ1) is 32.9. The highest BCUT2D eigenvalue weighted by molar-refractivity contribution is 5.96. The van der Waals surface area contributed by atoms with E-state index in [1.807, 2.05) is 37.1 Å². The molecule has 8 bridgehead atoms. The molecule has 4 amide bonds. The number of aryl methyl sites for hydroxylation is 1. The van der Waals surface area contributed by atoms with Crippen molar-refractivity contribution < 1.29 is 33.8 Å². The summed E-state index contributed by atoms with van der Waals surface area (Å²) in [5.74, 6) is -1.87. The average molecular weight is 943 g/mol. The number of carbonyl (C=O) groups excluding carboxylic acids is 5. The Bertz CT molecular complexity index is 2640.